The Labute approximate surface area is 53.2 Å². The summed E-state index contributed by atoms with van der Waals surface area (Å²) in [5.41, 5.74) is 0. The molecule has 0 saturated heterocycles. The first kappa shape index (κ1) is 11.0. The van der Waals surface area contributed by atoms with Crippen molar-refractivity contribution in [2.75, 3.05) is 20.3 Å². The first-order valence-electron chi connectivity index (χ1n) is 2.12. The zero-order chi connectivity index (χ0) is 6.41. The van der Waals surface area contributed by atoms with Crippen LogP contribution < -0.4 is 6.15 Å². The van der Waals surface area contributed by atoms with Crippen molar-refractivity contribution in [2.24, 2.45) is 0 Å². The van der Waals surface area contributed by atoms with Crippen LogP contribution in [0, 0.1) is 0 Å². The molecule has 0 saturated carbocycles. The van der Waals surface area contributed by atoms with Crippen molar-refractivity contribution in [1.82, 2.24) is 6.15 Å². The average Bonchev–Trinajstić information content (AvgIpc) is 1.66. The van der Waals surface area contributed by atoms with Crippen LogP contribution >= 0.6 is 0 Å². The lowest BCUT2D eigenvalue weighted by atomic mass is 10.8. The van der Waals surface area contributed by atoms with Crippen LogP contribution in [-0.4, -0.2) is 31.6 Å². The topological polar surface area (TPSA) is 90.8 Å². The predicted molar refractivity (Wildman–Crippen MR) is 30.9 cm³/mol. The van der Waals surface area contributed by atoms with Crippen LogP contribution in [0.2, 0.25) is 0 Å². The molecule has 0 aliphatic rings. The highest BCUT2D eigenvalue weighted by atomic mass is 16.7. The van der Waals surface area contributed by atoms with Crippen molar-refractivity contribution < 1.29 is 19.4 Å². The fourth-order valence-electron chi connectivity index (χ4n) is 0.212. The molecule has 0 aliphatic heterocycles. The van der Waals surface area contributed by atoms with Gasteiger partial charge in [0.25, 0.3) is 0 Å². The molecular weight excluding hydrogens is 126 g/mol. The second-order valence-corrected chi connectivity index (χ2v) is 1.11. The monoisotopic (exact) mass is 137 g/mol. The van der Waals surface area contributed by atoms with Crippen LogP contribution in [0.1, 0.15) is 0 Å². The molecule has 0 radical (unpaired) electrons. The maximum atomic E-state index is 9.60. The van der Waals surface area contributed by atoms with Crippen LogP contribution in [0.3, 0.4) is 0 Å². The van der Waals surface area contributed by atoms with Gasteiger partial charge in [-0.2, -0.15) is 0 Å². The molecule has 0 aliphatic carbocycles. The third kappa shape index (κ3) is 11.0. The van der Waals surface area contributed by atoms with E-state index in [0.717, 1.165) is 0 Å². The zero-order valence-corrected chi connectivity index (χ0v) is 5.29. The smallest absolute Gasteiger partial charge is 0.450 e. The molecule has 0 aromatic heterocycles. The molecule has 0 fully saturated rings. The summed E-state index contributed by atoms with van der Waals surface area (Å²) in [4.78, 5) is 9.60. The van der Waals surface area contributed by atoms with Gasteiger partial charge in [-0.15, -0.1) is 0 Å². The Balaban J connectivity index is 0. The molecule has 0 spiro atoms. The van der Waals surface area contributed by atoms with E-state index in [0.29, 0.717) is 6.61 Å². The number of methoxy groups -OCH3 is 1. The van der Waals surface area contributed by atoms with Crippen LogP contribution in [0.15, 0.2) is 0 Å². The van der Waals surface area contributed by atoms with Crippen molar-refractivity contribution in [3.05, 3.63) is 0 Å². The number of rotatable bonds is 3. The van der Waals surface area contributed by atoms with Gasteiger partial charge in [-0.25, -0.2) is 4.79 Å². The summed E-state index contributed by atoms with van der Waals surface area (Å²) < 4.78 is 8.58. The number of carboxylic acid groups (broad SMARTS) is 1. The molecule has 0 atom stereocenters. The lowest BCUT2D eigenvalue weighted by Gasteiger charge is -1.95. The molecule has 0 heterocycles. The van der Waals surface area contributed by atoms with Gasteiger partial charge in [-0.05, 0) is 0 Å². The molecule has 0 bridgehead atoms. The van der Waals surface area contributed by atoms with Crippen molar-refractivity contribution in [3.63, 3.8) is 0 Å². The third-order valence-corrected chi connectivity index (χ3v) is 0.513. The minimum absolute atomic E-state index is 0. The lowest BCUT2D eigenvalue weighted by Crippen LogP contribution is -2.06. The number of hydrogen-bond acceptors (Lipinski definition) is 4. The lowest BCUT2D eigenvalue weighted by molar-refractivity contribution is 0.0630. The molecule has 4 N–H and O–H groups in total. The standard InChI is InChI=1S/C4H8O4.H3N/c1-7-2-3-8-4(5)6;/h2-3H2,1H3,(H,5,6);1H3. The summed E-state index contributed by atoms with van der Waals surface area (Å²) in [6, 6.07) is 0. The Morgan fingerprint density at radius 2 is 2.11 bits per heavy atom. The van der Waals surface area contributed by atoms with Gasteiger partial charge in [0.05, 0.1) is 6.61 Å². The predicted octanol–water partition coefficient (Wildman–Crippen LogP) is 0.489. The van der Waals surface area contributed by atoms with Gasteiger partial charge in [0.15, 0.2) is 0 Å². The highest BCUT2D eigenvalue weighted by molar-refractivity contribution is 5.56. The maximum absolute atomic E-state index is 9.60. The van der Waals surface area contributed by atoms with Crippen molar-refractivity contribution in [1.29, 1.82) is 0 Å². The van der Waals surface area contributed by atoms with E-state index in [1.165, 1.54) is 7.11 Å². The largest absolute Gasteiger partial charge is 0.505 e. The maximum Gasteiger partial charge on any atom is 0.505 e. The van der Waals surface area contributed by atoms with Gasteiger partial charge in [-0.3, -0.25) is 0 Å². The van der Waals surface area contributed by atoms with Crippen LogP contribution in [-0.2, 0) is 9.47 Å². The van der Waals surface area contributed by atoms with Crippen molar-refractivity contribution in [3.8, 4) is 0 Å². The first-order valence-corrected chi connectivity index (χ1v) is 2.12. The van der Waals surface area contributed by atoms with Crippen LogP contribution in [0.4, 0.5) is 4.79 Å². The Bertz CT molecular complexity index is 75.0. The summed E-state index contributed by atoms with van der Waals surface area (Å²) >= 11 is 0. The Morgan fingerprint density at radius 3 is 2.44 bits per heavy atom. The summed E-state index contributed by atoms with van der Waals surface area (Å²) in [6.45, 7) is 0.415. The van der Waals surface area contributed by atoms with E-state index in [1.54, 1.807) is 0 Å². The molecular formula is C4H11NO4. The van der Waals surface area contributed by atoms with Crippen molar-refractivity contribution >= 4 is 6.16 Å². The molecule has 0 aromatic rings. The van der Waals surface area contributed by atoms with Gasteiger partial charge < -0.3 is 20.7 Å². The quantitative estimate of drug-likeness (QED) is 0.436. The van der Waals surface area contributed by atoms with E-state index in [2.05, 4.69) is 9.47 Å². The van der Waals surface area contributed by atoms with Gasteiger partial charge >= 0.3 is 6.16 Å². The molecule has 0 aromatic carbocycles. The number of ether oxygens (including phenoxy) is 2. The average molecular weight is 137 g/mol. The molecule has 9 heavy (non-hydrogen) atoms. The van der Waals surface area contributed by atoms with Gasteiger partial charge in [0.2, 0.25) is 0 Å². The number of hydrogen-bond donors (Lipinski definition) is 2. The molecule has 5 heteroatoms. The Hall–Kier alpha value is -0.810. The zero-order valence-electron chi connectivity index (χ0n) is 5.29. The van der Waals surface area contributed by atoms with E-state index in [-0.39, 0.29) is 12.8 Å². The minimum atomic E-state index is -1.26. The second-order valence-electron chi connectivity index (χ2n) is 1.11. The highest BCUT2D eigenvalue weighted by Crippen LogP contribution is 1.74. The van der Waals surface area contributed by atoms with Gasteiger partial charge in [-0.1, -0.05) is 0 Å². The summed E-state index contributed by atoms with van der Waals surface area (Å²) in [5.74, 6) is 0. The molecule has 0 rings (SSSR count). The first-order chi connectivity index (χ1) is 3.77. The van der Waals surface area contributed by atoms with Gasteiger partial charge in [0, 0.05) is 7.11 Å². The third-order valence-electron chi connectivity index (χ3n) is 0.513. The highest BCUT2D eigenvalue weighted by Gasteiger charge is 1.91. The summed E-state index contributed by atoms with van der Waals surface area (Å²) in [7, 11) is 1.48. The second kappa shape index (κ2) is 7.19. The summed E-state index contributed by atoms with van der Waals surface area (Å²) in [5, 5.41) is 7.86. The van der Waals surface area contributed by atoms with Gasteiger partial charge in [0.1, 0.15) is 6.61 Å². The van der Waals surface area contributed by atoms with Crippen LogP contribution in [0.25, 0.3) is 0 Å². The van der Waals surface area contributed by atoms with E-state index < -0.39 is 6.16 Å². The van der Waals surface area contributed by atoms with E-state index in [1.807, 2.05) is 0 Å². The normalized spacial score (nSPS) is 7.67. The SMILES string of the molecule is COCCOC(=O)O.N. The molecule has 0 unspecified atom stereocenters. The van der Waals surface area contributed by atoms with Crippen LogP contribution in [0.5, 0.6) is 0 Å². The number of carbonyl (C=O) groups is 1. The van der Waals surface area contributed by atoms with E-state index >= 15 is 0 Å². The summed E-state index contributed by atoms with van der Waals surface area (Å²) in [6.07, 6.45) is -1.26. The minimum Gasteiger partial charge on any atom is -0.450 e. The molecule has 5 nitrogen and oxygen atoms in total. The van der Waals surface area contributed by atoms with E-state index in [9.17, 15) is 4.79 Å². The Morgan fingerprint density at radius 1 is 1.56 bits per heavy atom. The van der Waals surface area contributed by atoms with Crippen molar-refractivity contribution in [2.45, 2.75) is 0 Å². The van der Waals surface area contributed by atoms with E-state index in [4.69, 9.17) is 5.11 Å². The fraction of sp³-hybridized carbons (Fsp3) is 0.750. The fourth-order valence-corrected chi connectivity index (χ4v) is 0.212. The Kier molecular flexibility index (Phi) is 8.83. The molecule has 0 amide bonds. The molecule has 56 valence electrons.